The molecule has 2 heteroatoms. The summed E-state index contributed by atoms with van der Waals surface area (Å²) in [5, 5.41) is 3.31. The van der Waals surface area contributed by atoms with Crippen LogP contribution in [-0.2, 0) is 0 Å². The lowest BCUT2D eigenvalue weighted by molar-refractivity contribution is -0.0000105. The molecule has 0 aliphatic rings. The van der Waals surface area contributed by atoms with Crippen LogP contribution < -0.4 is 23.0 Å². The highest BCUT2D eigenvalue weighted by molar-refractivity contribution is 7.89. The molecule has 2 aromatic rings. The van der Waals surface area contributed by atoms with Crippen LogP contribution in [0.2, 0.25) is 0 Å². The second-order valence-electron chi connectivity index (χ2n) is 15.7. The molecule has 0 aromatic heterocycles. The zero-order valence-corrected chi connectivity index (χ0v) is 35.3. The summed E-state index contributed by atoms with van der Waals surface area (Å²) in [5.74, 6) is 0. The SMILES string of the molecule is CCCCCCCCCCCCCCCCCC[P+](CCCCCCCCCCCCCCCCCC)(c1ccccc1)c1ccccc1.[Cl-]. The lowest BCUT2D eigenvalue weighted by Gasteiger charge is -2.28. The van der Waals surface area contributed by atoms with Gasteiger partial charge in [-0.15, -0.1) is 0 Å². The molecule has 0 fully saturated rings. The Balaban J connectivity index is 0.0000125. The molecule has 50 heavy (non-hydrogen) atoms. The van der Waals surface area contributed by atoms with Crippen molar-refractivity contribution < 1.29 is 12.4 Å². The number of benzene rings is 2. The molecule has 0 amide bonds. The largest absolute Gasteiger partial charge is 1.00 e. The average Bonchev–Trinajstić information content (AvgIpc) is 3.14. The second-order valence-corrected chi connectivity index (χ2v) is 19.6. The van der Waals surface area contributed by atoms with Crippen LogP contribution in [0.25, 0.3) is 0 Å². The molecule has 0 radical (unpaired) electrons. The van der Waals surface area contributed by atoms with Crippen molar-refractivity contribution in [2.24, 2.45) is 0 Å². The van der Waals surface area contributed by atoms with Gasteiger partial charge in [-0.2, -0.15) is 0 Å². The molecule has 0 unspecified atom stereocenters. The third kappa shape index (κ3) is 23.7. The second kappa shape index (κ2) is 35.2. The number of halogens is 1. The van der Waals surface area contributed by atoms with Crippen LogP contribution in [0.4, 0.5) is 0 Å². The molecular weight excluding hydrogens is 643 g/mol. The summed E-state index contributed by atoms with van der Waals surface area (Å²) in [6.07, 6.45) is 49.1. The van der Waals surface area contributed by atoms with Gasteiger partial charge in [0.25, 0.3) is 0 Å². The fourth-order valence-electron chi connectivity index (χ4n) is 8.06. The summed E-state index contributed by atoms with van der Waals surface area (Å²) >= 11 is 0. The highest BCUT2D eigenvalue weighted by Crippen LogP contribution is 2.57. The Morgan fingerprint density at radius 3 is 0.700 bits per heavy atom. The Bertz CT molecular complexity index is 850. The van der Waals surface area contributed by atoms with E-state index in [1.807, 2.05) is 0 Å². The lowest BCUT2D eigenvalue weighted by atomic mass is 10.0. The fourth-order valence-corrected chi connectivity index (χ4v) is 12.6. The molecule has 0 spiro atoms. The van der Waals surface area contributed by atoms with E-state index >= 15 is 0 Å². The predicted octanol–water partition coefficient (Wildman–Crippen LogP) is 13.2. The maximum absolute atomic E-state index is 2.47. The third-order valence-electron chi connectivity index (χ3n) is 11.3. The monoisotopic (exact) mass is 727 g/mol. The maximum Gasteiger partial charge on any atom is 0.0991 e. The summed E-state index contributed by atoms with van der Waals surface area (Å²) in [6.45, 7) is 4.62. The lowest BCUT2D eigenvalue weighted by Crippen LogP contribution is -3.00. The van der Waals surface area contributed by atoms with Crippen LogP contribution in [0.1, 0.15) is 219 Å². The van der Waals surface area contributed by atoms with E-state index in [1.165, 1.54) is 218 Å². The van der Waals surface area contributed by atoms with E-state index in [2.05, 4.69) is 74.5 Å². The molecule has 0 saturated carbocycles. The van der Waals surface area contributed by atoms with Crippen LogP contribution in [0.15, 0.2) is 60.7 Å². The normalized spacial score (nSPS) is 11.6. The van der Waals surface area contributed by atoms with Crippen molar-refractivity contribution in [3.05, 3.63) is 60.7 Å². The summed E-state index contributed by atoms with van der Waals surface area (Å²) in [6, 6.07) is 23.5. The van der Waals surface area contributed by atoms with E-state index in [0.29, 0.717) is 0 Å². The first-order valence-corrected chi connectivity index (χ1v) is 24.5. The summed E-state index contributed by atoms with van der Waals surface area (Å²) in [7, 11) is -1.38. The van der Waals surface area contributed by atoms with Gasteiger partial charge < -0.3 is 12.4 Å². The Morgan fingerprint density at radius 2 is 0.480 bits per heavy atom. The molecule has 0 aliphatic heterocycles. The first kappa shape index (κ1) is 47.2. The van der Waals surface area contributed by atoms with Gasteiger partial charge in [-0.3, -0.25) is 0 Å². The molecule has 0 bridgehead atoms. The molecular formula is C48H84ClP. The molecule has 0 atom stereocenters. The fraction of sp³-hybridized carbons (Fsp3) is 0.750. The van der Waals surface area contributed by atoms with E-state index in [-0.39, 0.29) is 12.4 Å². The Kier molecular flexibility index (Phi) is 33.2. The van der Waals surface area contributed by atoms with Gasteiger partial charge >= 0.3 is 0 Å². The molecule has 0 heterocycles. The smallest absolute Gasteiger partial charge is 0.0991 e. The Hall–Kier alpha value is -0.840. The minimum Gasteiger partial charge on any atom is -1.00 e. The van der Waals surface area contributed by atoms with Crippen LogP contribution in [0, 0.1) is 0 Å². The maximum atomic E-state index is 2.47. The van der Waals surface area contributed by atoms with E-state index in [0.717, 1.165) is 0 Å². The van der Waals surface area contributed by atoms with Gasteiger partial charge in [0.2, 0.25) is 0 Å². The first-order valence-electron chi connectivity index (χ1n) is 22.3. The Morgan fingerprint density at radius 1 is 0.280 bits per heavy atom. The van der Waals surface area contributed by atoms with Crippen LogP contribution >= 0.6 is 7.26 Å². The van der Waals surface area contributed by atoms with Gasteiger partial charge in [0.05, 0.1) is 30.2 Å². The van der Waals surface area contributed by atoms with Gasteiger partial charge in [0.15, 0.2) is 0 Å². The predicted molar refractivity (Wildman–Crippen MR) is 228 cm³/mol. The van der Waals surface area contributed by atoms with Gasteiger partial charge in [0.1, 0.15) is 0 Å². The first-order chi connectivity index (χ1) is 24.3. The van der Waals surface area contributed by atoms with Crippen molar-refractivity contribution in [1.82, 2.24) is 0 Å². The Labute approximate surface area is 321 Å². The van der Waals surface area contributed by atoms with E-state index in [9.17, 15) is 0 Å². The highest BCUT2D eigenvalue weighted by Gasteiger charge is 2.41. The number of unbranched alkanes of at least 4 members (excludes halogenated alkanes) is 30. The van der Waals surface area contributed by atoms with Gasteiger partial charge in [-0.1, -0.05) is 230 Å². The number of rotatable bonds is 36. The molecule has 288 valence electrons. The third-order valence-corrected chi connectivity index (χ3v) is 16.0. The van der Waals surface area contributed by atoms with Gasteiger partial charge in [-0.25, -0.2) is 0 Å². The molecule has 2 rings (SSSR count). The summed E-state index contributed by atoms with van der Waals surface area (Å²) in [5.41, 5.74) is 0. The van der Waals surface area contributed by atoms with E-state index < -0.39 is 7.26 Å². The standard InChI is InChI=1S/C48H84P.ClH/c1-3-5-7-9-11-13-15-17-19-21-23-25-27-29-31-39-45-49(47-41-35-33-36-42-47,48-43-37-34-38-44-48)46-40-32-30-28-26-24-22-20-18-16-14-12-10-8-6-4-2;/h33-38,41-44H,3-32,39-40,45-46H2,1-2H3;1H/q+1;/p-1. The van der Waals surface area contributed by atoms with E-state index in [4.69, 9.17) is 0 Å². The van der Waals surface area contributed by atoms with Crippen molar-refractivity contribution in [2.45, 2.75) is 219 Å². The zero-order valence-electron chi connectivity index (χ0n) is 33.6. The number of hydrogen-bond donors (Lipinski definition) is 0. The van der Waals surface area contributed by atoms with Crippen molar-refractivity contribution in [3.8, 4) is 0 Å². The number of hydrogen-bond acceptors (Lipinski definition) is 0. The molecule has 0 N–H and O–H groups in total. The molecule has 2 aromatic carbocycles. The van der Waals surface area contributed by atoms with Crippen molar-refractivity contribution >= 4 is 17.9 Å². The van der Waals surface area contributed by atoms with Crippen LogP contribution in [-0.4, -0.2) is 12.3 Å². The molecule has 0 aliphatic carbocycles. The minimum atomic E-state index is -1.38. The topological polar surface area (TPSA) is 0 Å². The van der Waals surface area contributed by atoms with Crippen LogP contribution in [0.3, 0.4) is 0 Å². The zero-order chi connectivity index (χ0) is 34.8. The minimum absolute atomic E-state index is 0. The van der Waals surface area contributed by atoms with Gasteiger partial charge in [0, 0.05) is 0 Å². The van der Waals surface area contributed by atoms with Crippen molar-refractivity contribution in [2.75, 3.05) is 12.3 Å². The van der Waals surface area contributed by atoms with Gasteiger partial charge in [-0.05, 0) is 49.9 Å². The van der Waals surface area contributed by atoms with Crippen LogP contribution in [0.5, 0.6) is 0 Å². The molecule has 0 saturated heterocycles. The van der Waals surface area contributed by atoms with Crippen molar-refractivity contribution in [1.29, 1.82) is 0 Å². The highest BCUT2D eigenvalue weighted by atomic mass is 35.5. The van der Waals surface area contributed by atoms with Crippen molar-refractivity contribution in [3.63, 3.8) is 0 Å². The van der Waals surface area contributed by atoms with E-state index in [1.54, 1.807) is 10.6 Å². The summed E-state index contributed by atoms with van der Waals surface area (Å²) in [4.78, 5) is 0. The quantitative estimate of drug-likeness (QED) is 0.0484. The molecule has 0 nitrogen and oxygen atoms in total. The summed E-state index contributed by atoms with van der Waals surface area (Å²) < 4.78 is 0. The average molecular weight is 728 g/mol.